The first-order valence-electron chi connectivity index (χ1n) is 23.3. The van der Waals surface area contributed by atoms with Gasteiger partial charge >= 0.3 is 0 Å². The lowest BCUT2D eigenvalue weighted by Crippen LogP contribution is -2.64. The maximum absolute atomic E-state index is 6.42. The van der Waals surface area contributed by atoms with Gasteiger partial charge in [0.05, 0.1) is 5.54 Å². The van der Waals surface area contributed by atoms with Crippen LogP contribution in [-0.2, 0) is 5.41 Å². The van der Waals surface area contributed by atoms with Gasteiger partial charge in [-0.1, -0.05) is 141 Å². The summed E-state index contributed by atoms with van der Waals surface area (Å²) in [6, 6.07) is 72.0. The number of para-hydroxylation sites is 3. The molecule has 2 atom stereocenters. The summed E-state index contributed by atoms with van der Waals surface area (Å²) < 4.78 is 6.42. The largest absolute Gasteiger partial charge is 0.456 e. The minimum atomic E-state index is -0.0237. The first-order chi connectivity index (χ1) is 32.0. The van der Waals surface area contributed by atoms with Crippen LogP contribution in [0.5, 0.6) is 0 Å². The first-order valence-corrected chi connectivity index (χ1v) is 23.3. The molecule has 65 heavy (non-hydrogen) atoms. The summed E-state index contributed by atoms with van der Waals surface area (Å²) in [7, 11) is 0. The molecule has 0 N–H and O–H groups in total. The van der Waals surface area contributed by atoms with Crippen LogP contribution in [0.1, 0.15) is 45.1 Å². The number of rotatable bonds is 5. The second-order valence-corrected chi connectivity index (χ2v) is 19.1. The van der Waals surface area contributed by atoms with Crippen LogP contribution in [0, 0.1) is 0 Å². The smallest absolute Gasteiger partial charge is 0.252 e. The van der Waals surface area contributed by atoms with Gasteiger partial charge in [0.15, 0.2) is 0 Å². The number of nitrogens with zero attached hydrogens (tertiary/aromatic N) is 3. The number of hydrogen-bond donors (Lipinski definition) is 0. The Morgan fingerprint density at radius 3 is 2.17 bits per heavy atom. The highest BCUT2D eigenvalue weighted by Gasteiger charge is 2.61. The number of anilines is 8. The van der Waals surface area contributed by atoms with E-state index in [1.807, 2.05) is 0 Å². The van der Waals surface area contributed by atoms with Crippen molar-refractivity contribution in [2.75, 3.05) is 14.7 Å². The second-order valence-electron chi connectivity index (χ2n) is 19.1. The Morgan fingerprint density at radius 1 is 0.523 bits per heavy atom. The predicted molar refractivity (Wildman–Crippen MR) is 273 cm³/mol. The Morgan fingerprint density at radius 2 is 1.25 bits per heavy atom. The van der Waals surface area contributed by atoms with E-state index in [0.717, 1.165) is 44.7 Å². The van der Waals surface area contributed by atoms with E-state index < -0.39 is 0 Å². The normalized spacial score (nSPS) is 19.0. The van der Waals surface area contributed by atoms with Crippen LogP contribution >= 0.6 is 0 Å². The van der Waals surface area contributed by atoms with Crippen molar-refractivity contribution >= 4 is 101 Å². The van der Waals surface area contributed by atoms with Gasteiger partial charge in [-0.05, 0) is 136 Å². The molecular weight excluding hydrogens is 789 g/mol. The second kappa shape index (κ2) is 13.5. The van der Waals surface area contributed by atoms with Gasteiger partial charge in [-0.15, -0.1) is 0 Å². The molecule has 5 heteroatoms. The lowest BCUT2D eigenvalue weighted by atomic mass is 9.33. The Hall–Kier alpha value is -7.50. The fraction of sp³-hybridized carbons (Fsp3) is 0.133. The molecule has 4 nitrogen and oxygen atoms in total. The molecule has 4 heterocycles. The van der Waals surface area contributed by atoms with Crippen molar-refractivity contribution in [3.05, 3.63) is 200 Å². The molecule has 2 unspecified atom stereocenters. The van der Waals surface area contributed by atoms with Gasteiger partial charge < -0.3 is 19.1 Å². The zero-order valence-corrected chi connectivity index (χ0v) is 36.6. The zero-order chi connectivity index (χ0) is 43.0. The molecule has 0 amide bonds. The Kier molecular flexibility index (Phi) is 7.68. The Labute approximate surface area is 380 Å². The van der Waals surface area contributed by atoms with Crippen molar-refractivity contribution in [2.24, 2.45) is 0 Å². The topological polar surface area (TPSA) is 22.9 Å². The maximum atomic E-state index is 6.42. The minimum Gasteiger partial charge on any atom is -0.456 e. The van der Waals surface area contributed by atoms with E-state index in [1.54, 1.807) is 0 Å². The molecule has 0 radical (unpaired) electrons. The van der Waals surface area contributed by atoms with Gasteiger partial charge in [-0.25, -0.2) is 0 Å². The molecule has 3 aliphatic heterocycles. The van der Waals surface area contributed by atoms with Crippen LogP contribution in [0.25, 0.3) is 43.8 Å². The van der Waals surface area contributed by atoms with Gasteiger partial charge in [-0.3, -0.25) is 0 Å². The van der Waals surface area contributed by atoms with Gasteiger partial charge in [-0.2, -0.15) is 0 Å². The van der Waals surface area contributed by atoms with Crippen LogP contribution < -0.4 is 31.1 Å². The van der Waals surface area contributed by atoms with Gasteiger partial charge in [0, 0.05) is 61.7 Å². The molecule has 310 valence electrons. The summed E-state index contributed by atoms with van der Waals surface area (Å²) in [6.07, 6.45) is 4.91. The molecule has 10 aromatic rings. The van der Waals surface area contributed by atoms with E-state index in [9.17, 15) is 0 Å². The minimum absolute atomic E-state index is 0.0237. The van der Waals surface area contributed by atoms with Crippen molar-refractivity contribution in [3.63, 3.8) is 0 Å². The van der Waals surface area contributed by atoms with Gasteiger partial charge in [0.25, 0.3) is 6.71 Å². The van der Waals surface area contributed by atoms with E-state index in [2.05, 4.69) is 223 Å². The average Bonchev–Trinajstić information content (AvgIpc) is 3.83. The van der Waals surface area contributed by atoms with Crippen LogP contribution in [0.4, 0.5) is 45.5 Å². The fourth-order valence-corrected chi connectivity index (χ4v) is 12.8. The zero-order valence-electron chi connectivity index (χ0n) is 36.6. The van der Waals surface area contributed by atoms with Crippen molar-refractivity contribution in [1.29, 1.82) is 0 Å². The number of hydrogen-bond acceptors (Lipinski definition) is 4. The monoisotopic (exact) mass is 835 g/mol. The predicted octanol–water partition coefficient (Wildman–Crippen LogP) is 14.2. The van der Waals surface area contributed by atoms with Crippen LogP contribution in [-0.4, -0.2) is 12.3 Å². The summed E-state index contributed by atoms with van der Waals surface area (Å²) in [4.78, 5) is 7.79. The highest BCUT2D eigenvalue weighted by Crippen LogP contribution is 2.61. The van der Waals surface area contributed by atoms with E-state index in [-0.39, 0.29) is 17.7 Å². The Bertz CT molecular complexity index is 3590. The summed E-state index contributed by atoms with van der Waals surface area (Å²) in [5, 5.41) is 4.75. The molecule has 0 bridgehead atoms. The molecular formula is C60H46BN3O. The molecule has 4 aliphatic rings. The van der Waals surface area contributed by atoms with Gasteiger partial charge in [0.2, 0.25) is 0 Å². The molecule has 1 aliphatic carbocycles. The quantitative estimate of drug-likeness (QED) is 0.161. The fourth-order valence-electron chi connectivity index (χ4n) is 12.8. The standard InChI is InChI=1S/C60H46BN3O/c1-59-34-10-11-35-60(59,2)64-53-28-15-27-52-57(53)61(51-26-14-25-49(59)58(51)64)50-32-30-44(38-54(50)63(52)43-31-33-56-48(37-43)47-23-8-9-29-55(47)65-56)62(41-19-4-3-5-20-41)42-21-12-18-40(36-42)46-24-13-17-39-16-6-7-22-45(39)46/h3-9,12-33,36-38H,10-11,34-35H2,1-2H3. The van der Waals surface area contributed by atoms with Crippen molar-refractivity contribution < 1.29 is 4.42 Å². The number of benzene rings is 9. The third kappa shape index (κ3) is 5.04. The molecule has 0 spiro atoms. The summed E-state index contributed by atoms with van der Waals surface area (Å²) in [6.45, 7) is 5.18. The van der Waals surface area contributed by atoms with Crippen molar-refractivity contribution in [2.45, 2.75) is 50.5 Å². The summed E-state index contributed by atoms with van der Waals surface area (Å²) >= 11 is 0. The van der Waals surface area contributed by atoms with Crippen LogP contribution in [0.15, 0.2) is 199 Å². The van der Waals surface area contributed by atoms with Crippen molar-refractivity contribution in [1.82, 2.24) is 0 Å². The lowest BCUT2D eigenvalue weighted by molar-refractivity contribution is 0.195. The number of furan rings is 1. The molecule has 1 saturated carbocycles. The highest BCUT2D eigenvalue weighted by molar-refractivity contribution is 7.00. The summed E-state index contributed by atoms with van der Waals surface area (Å²) in [5.74, 6) is 0. The lowest BCUT2D eigenvalue weighted by Gasteiger charge is -2.52. The van der Waals surface area contributed by atoms with E-state index in [4.69, 9.17) is 4.42 Å². The van der Waals surface area contributed by atoms with E-state index >= 15 is 0 Å². The van der Waals surface area contributed by atoms with Gasteiger partial charge in [0.1, 0.15) is 11.2 Å². The Balaban J connectivity index is 1.02. The average molecular weight is 836 g/mol. The van der Waals surface area contributed by atoms with E-state index in [1.165, 1.54) is 92.3 Å². The molecule has 9 aromatic carbocycles. The summed E-state index contributed by atoms with van der Waals surface area (Å²) in [5.41, 5.74) is 19.6. The molecule has 1 fully saturated rings. The molecule has 14 rings (SSSR count). The highest BCUT2D eigenvalue weighted by atomic mass is 16.3. The van der Waals surface area contributed by atoms with E-state index in [0.29, 0.717) is 0 Å². The van der Waals surface area contributed by atoms with Crippen molar-refractivity contribution in [3.8, 4) is 11.1 Å². The maximum Gasteiger partial charge on any atom is 0.252 e. The van der Waals surface area contributed by atoms with Crippen LogP contribution in [0.3, 0.4) is 0 Å². The van der Waals surface area contributed by atoms with Crippen LogP contribution in [0.2, 0.25) is 0 Å². The third-order valence-electron chi connectivity index (χ3n) is 16.0. The molecule has 1 aromatic heterocycles. The molecule has 0 saturated heterocycles. The first kappa shape index (κ1) is 36.9. The number of fused-ring (bicyclic) bond motifs is 11. The SMILES string of the molecule is CC12CCCCC1(C)N1c3cccc4c3B(c3ccc(N(c5ccccc5)c5cccc(-c6cccc7ccccc67)c5)cc3N4c3ccc4oc5ccccc5c4c3)c3cccc2c31. The third-order valence-corrected chi connectivity index (χ3v) is 16.0.